The molecule has 0 spiro atoms. The first kappa shape index (κ1) is 20.2. The van der Waals surface area contributed by atoms with Crippen molar-refractivity contribution in [3.05, 3.63) is 22.5 Å². The number of aromatic nitrogens is 1. The van der Waals surface area contributed by atoms with E-state index in [0.29, 0.717) is 61.7 Å². The highest BCUT2D eigenvalue weighted by molar-refractivity contribution is 6.02. The Labute approximate surface area is 154 Å². The fourth-order valence-corrected chi connectivity index (χ4v) is 3.41. The van der Waals surface area contributed by atoms with Crippen LogP contribution in [0.15, 0.2) is 0 Å². The van der Waals surface area contributed by atoms with Gasteiger partial charge < -0.3 is 14.5 Å². The zero-order chi connectivity index (χ0) is 19.3. The van der Waals surface area contributed by atoms with E-state index in [0.717, 1.165) is 0 Å². The van der Waals surface area contributed by atoms with Crippen LogP contribution in [0.4, 0.5) is 0 Å². The van der Waals surface area contributed by atoms with Crippen molar-refractivity contribution in [1.29, 1.82) is 0 Å². The first-order valence-electron chi connectivity index (χ1n) is 9.17. The van der Waals surface area contributed by atoms with Crippen LogP contribution in [0.1, 0.15) is 58.8 Å². The van der Waals surface area contributed by atoms with Crippen LogP contribution in [0.2, 0.25) is 0 Å². The van der Waals surface area contributed by atoms with Gasteiger partial charge in [-0.2, -0.15) is 0 Å². The molecule has 0 aromatic carbocycles. The molecule has 0 bridgehead atoms. The number of aromatic amines is 1. The molecule has 1 aromatic rings. The number of esters is 2. The van der Waals surface area contributed by atoms with Crippen molar-refractivity contribution in [2.24, 2.45) is 5.92 Å². The number of ketones is 1. The van der Waals surface area contributed by atoms with Crippen molar-refractivity contribution >= 4 is 17.7 Å². The summed E-state index contributed by atoms with van der Waals surface area (Å²) in [5.74, 6) is -0.691. The third kappa shape index (κ3) is 4.52. The Balaban J connectivity index is 1.98. The number of hydrogen-bond donors (Lipinski definition) is 1. The summed E-state index contributed by atoms with van der Waals surface area (Å²) in [7, 11) is 0. The third-order valence-electron chi connectivity index (χ3n) is 4.77. The summed E-state index contributed by atoms with van der Waals surface area (Å²) in [5, 5.41) is 0. The number of aryl methyl sites for hydroxylation is 1. The van der Waals surface area contributed by atoms with Gasteiger partial charge in [0.1, 0.15) is 0 Å². The summed E-state index contributed by atoms with van der Waals surface area (Å²) in [6.07, 6.45) is 1.39. The van der Waals surface area contributed by atoms with Gasteiger partial charge in [0, 0.05) is 5.69 Å². The molecular weight excluding hydrogens is 336 g/mol. The zero-order valence-electron chi connectivity index (χ0n) is 16.0. The number of carbonyl (C=O) groups excluding carboxylic acids is 3. The van der Waals surface area contributed by atoms with Gasteiger partial charge in [0.05, 0.1) is 36.9 Å². The molecule has 0 atom stereocenters. The van der Waals surface area contributed by atoms with Crippen molar-refractivity contribution in [1.82, 2.24) is 9.88 Å². The Hall–Kier alpha value is -2.15. The molecule has 1 saturated heterocycles. The van der Waals surface area contributed by atoms with Crippen molar-refractivity contribution in [3.63, 3.8) is 0 Å². The summed E-state index contributed by atoms with van der Waals surface area (Å²) in [4.78, 5) is 41.6. The molecule has 0 unspecified atom stereocenters. The smallest absolute Gasteiger partial charge is 0.340 e. The maximum absolute atomic E-state index is 12.7. The second-order valence-electron chi connectivity index (χ2n) is 6.57. The van der Waals surface area contributed by atoms with E-state index < -0.39 is 5.97 Å². The standard InChI is InChI=1S/C19H28N2O5/c1-5-25-18(23)14-7-9-21(10-8-14)11-15(22)17-12(3)16(13(4)20-17)19(24)26-6-2/h14,20H,5-11H2,1-4H3. The van der Waals surface area contributed by atoms with Crippen LogP contribution in [0.5, 0.6) is 0 Å². The van der Waals surface area contributed by atoms with Gasteiger partial charge >= 0.3 is 11.9 Å². The number of rotatable bonds is 7. The van der Waals surface area contributed by atoms with E-state index >= 15 is 0 Å². The van der Waals surface area contributed by atoms with Gasteiger partial charge in [0.15, 0.2) is 5.78 Å². The molecule has 144 valence electrons. The normalized spacial score (nSPS) is 15.7. The van der Waals surface area contributed by atoms with E-state index in [1.165, 1.54) is 0 Å². The molecule has 1 aliphatic heterocycles. The Morgan fingerprint density at radius 3 is 2.27 bits per heavy atom. The highest BCUT2D eigenvalue weighted by atomic mass is 16.5. The van der Waals surface area contributed by atoms with E-state index in [-0.39, 0.29) is 24.2 Å². The Kier molecular flexibility index (Phi) is 6.97. The first-order chi connectivity index (χ1) is 12.4. The fraction of sp³-hybridized carbons (Fsp3) is 0.632. The topological polar surface area (TPSA) is 88.7 Å². The Morgan fingerprint density at radius 1 is 1.08 bits per heavy atom. The molecule has 2 heterocycles. The molecule has 1 aliphatic rings. The average molecular weight is 364 g/mol. The monoisotopic (exact) mass is 364 g/mol. The van der Waals surface area contributed by atoms with Crippen LogP contribution in [-0.4, -0.2) is 60.5 Å². The number of nitrogens with zero attached hydrogens (tertiary/aromatic N) is 1. The lowest BCUT2D eigenvalue weighted by Gasteiger charge is -2.30. The zero-order valence-corrected chi connectivity index (χ0v) is 16.0. The van der Waals surface area contributed by atoms with E-state index in [1.807, 2.05) is 4.90 Å². The molecule has 0 amide bonds. The molecule has 7 heteroatoms. The molecule has 1 fully saturated rings. The van der Waals surface area contributed by atoms with Gasteiger partial charge in [-0.1, -0.05) is 0 Å². The first-order valence-corrected chi connectivity index (χ1v) is 9.17. The molecule has 26 heavy (non-hydrogen) atoms. The van der Waals surface area contributed by atoms with Gasteiger partial charge in [-0.3, -0.25) is 14.5 Å². The van der Waals surface area contributed by atoms with E-state index in [2.05, 4.69) is 4.98 Å². The van der Waals surface area contributed by atoms with Crippen LogP contribution in [-0.2, 0) is 14.3 Å². The minimum absolute atomic E-state index is 0.0595. The van der Waals surface area contributed by atoms with Crippen LogP contribution in [0.25, 0.3) is 0 Å². The van der Waals surface area contributed by atoms with Crippen molar-refractivity contribution in [2.45, 2.75) is 40.5 Å². The van der Waals surface area contributed by atoms with E-state index in [4.69, 9.17) is 9.47 Å². The average Bonchev–Trinajstić information content (AvgIpc) is 2.90. The number of carbonyl (C=O) groups is 3. The summed E-state index contributed by atoms with van der Waals surface area (Å²) in [6.45, 7) is 9.39. The van der Waals surface area contributed by atoms with Gasteiger partial charge in [-0.15, -0.1) is 0 Å². The molecule has 0 aliphatic carbocycles. The highest BCUT2D eigenvalue weighted by Crippen LogP contribution is 2.22. The molecule has 1 aromatic heterocycles. The maximum Gasteiger partial charge on any atom is 0.340 e. The third-order valence-corrected chi connectivity index (χ3v) is 4.77. The molecule has 1 N–H and O–H groups in total. The predicted molar refractivity (Wildman–Crippen MR) is 96.4 cm³/mol. The molecule has 2 rings (SSSR count). The number of H-pyrrole nitrogens is 1. The van der Waals surface area contributed by atoms with E-state index in [1.54, 1.807) is 27.7 Å². The molecular formula is C19H28N2O5. The second kappa shape index (κ2) is 8.98. The fourth-order valence-electron chi connectivity index (χ4n) is 3.41. The van der Waals surface area contributed by atoms with Crippen LogP contribution in [0.3, 0.4) is 0 Å². The van der Waals surface area contributed by atoms with Crippen molar-refractivity contribution in [2.75, 3.05) is 32.8 Å². The van der Waals surface area contributed by atoms with Gasteiger partial charge in [0.25, 0.3) is 0 Å². The van der Waals surface area contributed by atoms with Gasteiger partial charge in [-0.25, -0.2) is 4.79 Å². The summed E-state index contributed by atoms with van der Waals surface area (Å²) in [6, 6.07) is 0. The largest absolute Gasteiger partial charge is 0.466 e. The summed E-state index contributed by atoms with van der Waals surface area (Å²) in [5.41, 5.74) is 2.17. The summed E-state index contributed by atoms with van der Waals surface area (Å²) < 4.78 is 10.1. The molecule has 0 radical (unpaired) electrons. The quantitative estimate of drug-likeness (QED) is 0.590. The number of Topliss-reactive ketones (excluding diaryl/α,β-unsaturated/α-hetero) is 1. The number of ether oxygens (including phenoxy) is 2. The lowest BCUT2D eigenvalue weighted by atomic mass is 9.96. The summed E-state index contributed by atoms with van der Waals surface area (Å²) >= 11 is 0. The van der Waals surface area contributed by atoms with Gasteiger partial charge in [-0.05, 0) is 59.2 Å². The van der Waals surface area contributed by atoms with Crippen LogP contribution in [0, 0.1) is 19.8 Å². The lowest BCUT2D eigenvalue weighted by molar-refractivity contribution is -0.149. The Bertz CT molecular complexity index is 672. The van der Waals surface area contributed by atoms with Crippen LogP contribution >= 0.6 is 0 Å². The predicted octanol–water partition coefficient (Wildman–Crippen LogP) is 2.27. The SMILES string of the molecule is CCOC(=O)c1c(C)[nH]c(C(=O)CN2CCC(C(=O)OCC)CC2)c1C. The van der Waals surface area contributed by atoms with E-state index in [9.17, 15) is 14.4 Å². The Morgan fingerprint density at radius 2 is 1.69 bits per heavy atom. The van der Waals surface area contributed by atoms with Crippen molar-refractivity contribution < 1.29 is 23.9 Å². The number of piperidine rings is 1. The lowest BCUT2D eigenvalue weighted by Crippen LogP contribution is -2.39. The number of hydrogen-bond acceptors (Lipinski definition) is 6. The maximum atomic E-state index is 12.7. The van der Waals surface area contributed by atoms with Crippen molar-refractivity contribution in [3.8, 4) is 0 Å². The van der Waals surface area contributed by atoms with Gasteiger partial charge in [0.2, 0.25) is 0 Å². The number of likely N-dealkylation sites (tertiary alicyclic amines) is 1. The highest BCUT2D eigenvalue weighted by Gasteiger charge is 2.28. The second-order valence-corrected chi connectivity index (χ2v) is 6.57. The number of nitrogens with one attached hydrogen (secondary N) is 1. The minimum atomic E-state index is -0.409. The molecule has 0 saturated carbocycles. The minimum Gasteiger partial charge on any atom is -0.466 e. The van der Waals surface area contributed by atoms with Crippen LogP contribution < -0.4 is 0 Å². The molecule has 7 nitrogen and oxygen atoms in total.